The fourth-order valence-corrected chi connectivity index (χ4v) is 3.06. The quantitative estimate of drug-likeness (QED) is 0.778. The topological polar surface area (TPSA) is 29.5 Å². The highest BCUT2D eigenvalue weighted by atomic mass is 32.2. The molecule has 7 heteroatoms. The Morgan fingerprint density at radius 1 is 1.35 bits per heavy atom. The second kappa shape index (κ2) is 7.57. The van der Waals surface area contributed by atoms with Crippen LogP contribution < -0.4 is 0 Å². The number of carbonyl (C=O) groups excluding carboxylic acids is 1. The number of amides is 1. The molecule has 1 aromatic rings. The fraction of sp³-hybridized carbons (Fsp3) is 0.562. The van der Waals surface area contributed by atoms with Crippen molar-refractivity contribution in [1.82, 2.24) is 4.90 Å². The first kappa shape index (κ1) is 18.1. The third-order valence-electron chi connectivity index (χ3n) is 3.69. The number of hydrogen-bond acceptors (Lipinski definition) is 3. The lowest BCUT2D eigenvalue weighted by molar-refractivity contribution is -0.236. The molecule has 0 N–H and O–H groups in total. The number of nitrogens with zero attached hydrogens (tertiary/aromatic N) is 1. The molecule has 3 nitrogen and oxygen atoms in total. The third kappa shape index (κ3) is 5.14. The van der Waals surface area contributed by atoms with Crippen LogP contribution >= 0.6 is 11.8 Å². The number of ether oxygens (including phenoxy) is 1. The van der Waals surface area contributed by atoms with Crippen molar-refractivity contribution >= 4 is 17.7 Å². The first-order valence-corrected chi connectivity index (χ1v) is 8.45. The predicted molar refractivity (Wildman–Crippen MR) is 83.6 cm³/mol. The molecular formula is C16H20F3NO2S. The fourth-order valence-electron chi connectivity index (χ4n) is 2.26. The van der Waals surface area contributed by atoms with Crippen LogP contribution in [-0.4, -0.2) is 48.5 Å². The minimum atomic E-state index is -4.43. The highest BCUT2D eigenvalue weighted by Crippen LogP contribution is 2.27. The standard InChI is InChI=1S/C16H20F3NO2S/c1-11(2)12-3-5-13(6-4-12)23-10-15(21)20-7-8-22-14(9-20)16(17,18)19/h3-6,11,14H,7-10H2,1-2H3. The molecule has 1 aliphatic heterocycles. The molecule has 1 saturated heterocycles. The molecule has 1 fully saturated rings. The van der Waals surface area contributed by atoms with Gasteiger partial charge in [-0.2, -0.15) is 13.2 Å². The molecular weight excluding hydrogens is 327 g/mol. The lowest BCUT2D eigenvalue weighted by Gasteiger charge is -2.33. The van der Waals surface area contributed by atoms with Crippen LogP contribution in [0.15, 0.2) is 29.2 Å². The van der Waals surface area contributed by atoms with Crippen molar-refractivity contribution in [2.45, 2.75) is 36.9 Å². The van der Waals surface area contributed by atoms with E-state index in [0.29, 0.717) is 5.92 Å². The molecule has 0 aromatic heterocycles. The van der Waals surface area contributed by atoms with Gasteiger partial charge in [0, 0.05) is 11.4 Å². The monoisotopic (exact) mass is 347 g/mol. The summed E-state index contributed by atoms with van der Waals surface area (Å²) in [6.45, 7) is 3.90. The molecule has 0 spiro atoms. The van der Waals surface area contributed by atoms with E-state index in [1.54, 1.807) is 0 Å². The summed E-state index contributed by atoms with van der Waals surface area (Å²) < 4.78 is 42.7. The van der Waals surface area contributed by atoms with E-state index < -0.39 is 18.8 Å². The number of benzene rings is 1. The van der Waals surface area contributed by atoms with Crippen molar-refractivity contribution in [2.24, 2.45) is 0 Å². The maximum Gasteiger partial charge on any atom is 0.416 e. The molecule has 1 heterocycles. The summed E-state index contributed by atoms with van der Waals surface area (Å²) in [5.41, 5.74) is 1.21. The number of thioether (sulfide) groups is 1. The van der Waals surface area contributed by atoms with Gasteiger partial charge in [0.05, 0.1) is 18.9 Å². The van der Waals surface area contributed by atoms with Gasteiger partial charge in [0.1, 0.15) is 0 Å². The molecule has 1 atom stereocenters. The third-order valence-corrected chi connectivity index (χ3v) is 4.69. The van der Waals surface area contributed by atoms with Gasteiger partial charge in [-0.3, -0.25) is 4.79 Å². The van der Waals surface area contributed by atoms with E-state index in [2.05, 4.69) is 13.8 Å². The maximum atomic E-state index is 12.7. The van der Waals surface area contributed by atoms with Gasteiger partial charge >= 0.3 is 6.18 Å². The van der Waals surface area contributed by atoms with Crippen molar-refractivity contribution in [3.8, 4) is 0 Å². The smallest absolute Gasteiger partial charge is 0.365 e. The number of rotatable bonds is 4. The van der Waals surface area contributed by atoms with Gasteiger partial charge in [-0.15, -0.1) is 11.8 Å². The van der Waals surface area contributed by atoms with Gasteiger partial charge in [-0.05, 0) is 23.6 Å². The van der Waals surface area contributed by atoms with Crippen LogP contribution in [0.1, 0.15) is 25.3 Å². The highest BCUT2D eigenvalue weighted by Gasteiger charge is 2.44. The largest absolute Gasteiger partial charge is 0.416 e. The summed E-state index contributed by atoms with van der Waals surface area (Å²) in [5.74, 6) is 0.273. The van der Waals surface area contributed by atoms with Crippen molar-refractivity contribution in [3.05, 3.63) is 29.8 Å². The number of carbonyl (C=O) groups is 1. The molecule has 0 aliphatic carbocycles. The van der Waals surface area contributed by atoms with E-state index in [-0.39, 0.29) is 24.8 Å². The number of halogens is 3. The van der Waals surface area contributed by atoms with Crippen LogP contribution in [0.4, 0.5) is 13.2 Å². The Kier molecular flexibility index (Phi) is 5.97. The van der Waals surface area contributed by atoms with Gasteiger partial charge < -0.3 is 9.64 Å². The van der Waals surface area contributed by atoms with Crippen LogP contribution in [0.5, 0.6) is 0 Å². The highest BCUT2D eigenvalue weighted by molar-refractivity contribution is 8.00. The average Bonchev–Trinajstić information content (AvgIpc) is 2.52. The molecule has 128 valence electrons. The van der Waals surface area contributed by atoms with Crippen molar-refractivity contribution in [1.29, 1.82) is 0 Å². The summed E-state index contributed by atoms with van der Waals surface area (Å²) in [4.78, 5) is 14.3. The first-order valence-electron chi connectivity index (χ1n) is 7.46. The van der Waals surface area contributed by atoms with Gasteiger partial charge in [0.2, 0.25) is 5.91 Å². The van der Waals surface area contributed by atoms with Crippen LogP contribution in [0.2, 0.25) is 0 Å². The second-order valence-electron chi connectivity index (χ2n) is 5.75. The van der Waals surface area contributed by atoms with Crippen LogP contribution in [0, 0.1) is 0 Å². The number of alkyl halides is 3. The molecule has 2 rings (SSSR count). The Balaban J connectivity index is 1.86. The van der Waals surface area contributed by atoms with Gasteiger partial charge in [0.25, 0.3) is 0 Å². The number of morpholine rings is 1. The molecule has 23 heavy (non-hydrogen) atoms. The Hall–Kier alpha value is -1.21. The average molecular weight is 347 g/mol. The Morgan fingerprint density at radius 3 is 2.57 bits per heavy atom. The zero-order chi connectivity index (χ0) is 17.0. The van der Waals surface area contributed by atoms with Crippen LogP contribution in [-0.2, 0) is 9.53 Å². The lowest BCUT2D eigenvalue weighted by atomic mass is 10.0. The molecule has 1 aliphatic rings. The molecule has 1 amide bonds. The van der Waals surface area contributed by atoms with E-state index in [1.807, 2.05) is 24.3 Å². The van der Waals surface area contributed by atoms with Gasteiger partial charge in [0.15, 0.2) is 6.10 Å². The summed E-state index contributed by atoms with van der Waals surface area (Å²) in [6.07, 6.45) is -6.31. The lowest BCUT2D eigenvalue weighted by Crippen LogP contribution is -2.51. The zero-order valence-electron chi connectivity index (χ0n) is 13.1. The minimum Gasteiger partial charge on any atom is -0.365 e. The first-order chi connectivity index (χ1) is 10.8. The van der Waals surface area contributed by atoms with Crippen molar-refractivity contribution in [3.63, 3.8) is 0 Å². The molecule has 0 bridgehead atoms. The minimum absolute atomic E-state index is 0.0797. The second-order valence-corrected chi connectivity index (χ2v) is 6.80. The Labute approximate surface area is 138 Å². The van der Waals surface area contributed by atoms with E-state index in [9.17, 15) is 18.0 Å². The summed E-state index contributed by atoms with van der Waals surface area (Å²) in [7, 11) is 0. The maximum absolute atomic E-state index is 12.7. The number of hydrogen-bond donors (Lipinski definition) is 0. The summed E-state index contributed by atoms with van der Waals surface area (Å²) >= 11 is 1.34. The van der Waals surface area contributed by atoms with Gasteiger partial charge in [-0.1, -0.05) is 26.0 Å². The Morgan fingerprint density at radius 2 is 2.00 bits per heavy atom. The van der Waals surface area contributed by atoms with Crippen molar-refractivity contribution < 1.29 is 22.7 Å². The summed E-state index contributed by atoms with van der Waals surface area (Å²) in [5, 5.41) is 0. The molecule has 0 radical (unpaired) electrons. The van der Waals surface area contributed by atoms with E-state index in [0.717, 1.165) is 4.90 Å². The molecule has 1 aromatic carbocycles. The predicted octanol–water partition coefficient (Wildman–Crippen LogP) is 3.69. The molecule has 0 saturated carbocycles. The normalized spacial score (nSPS) is 19.2. The van der Waals surface area contributed by atoms with Crippen LogP contribution in [0.25, 0.3) is 0 Å². The van der Waals surface area contributed by atoms with Gasteiger partial charge in [-0.25, -0.2) is 0 Å². The van der Waals surface area contributed by atoms with Crippen LogP contribution in [0.3, 0.4) is 0 Å². The zero-order valence-corrected chi connectivity index (χ0v) is 13.9. The van der Waals surface area contributed by atoms with E-state index >= 15 is 0 Å². The van der Waals surface area contributed by atoms with E-state index in [1.165, 1.54) is 22.2 Å². The Bertz CT molecular complexity index is 531. The summed E-state index contributed by atoms with van der Waals surface area (Å²) in [6, 6.07) is 7.88. The molecule has 1 unspecified atom stereocenters. The van der Waals surface area contributed by atoms with E-state index in [4.69, 9.17) is 4.74 Å². The SMILES string of the molecule is CC(C)c1ccc(SCC(=O)N2CCOC(C(F)(F)F)C2)cc1. The van der Waals surface area contributed by atoms with Crippen molar-refractivity contribution in [2.75, 3.05) is 25.4 Å².